The molecular weight excluding hydrogens is 441 g/mol. The van der Waals surface area contributed by atoms with Crippen molar-refractivity contribution in [2.45, 2.75) is 57.4 Å². The molecule has 0 atom stereocenters. The molecule has 2 aliphatic rings. The fourth-order valence-corrected chi connectivity index (χ4v) is 3.95. The van der Waals surface area contributed by atoms with Gasteiger partial charge < -0.3 is 14.2 Å². The number of ether oxygens (including phenoxy) is 3. The summed E-state index contributed by atoms with van der Waals surface area (Å²) in [5.74, 6) is -1.71. The lowest BCUT2D eigenvalue weighted by atomic mass is 9.72. The first kappa shape index (κ1) is 25.6. The fourth-order valence-electron chi connectivity index (χ4n) is 3.44. The van der Waals surface area contributed by atoms with Gasteiger partial charge in [0.25, 0.3) is 0 Å². The molecule has 1 spiro atoms. The molecule has 1 aromatic rings. The zero-order valence-electron chi connectivity index (χ0n) is 17.4. The SMILES string of the molecule is CC.O=C(OCc1ccccc1)C1(COS(=O)(=O)C(F)(F)F)CCC2(CC1)OCCO2. The standard InChI is InChI=1S/C18H21F3O7S.C2H6/c19-18(20,21)29(23,24)28-13-16(6-8-17(9-7-16)26-10-11-27-17)15(22)25-12-14-4-2-1-3-5-14;1-2/h1-5H,6-13H2;1-2H3. The molecule has 1 saturated carbocycles. The molecule has 1 aromatic carbocycles. The van der Waals surface area contributed by atoms with E-state index < -0.39 is 39.4 Å². The van der Waals surface area contributed by atoms with Gasteiger partial charge in [0.1, 0.15) is 6.61 Å². The Kier molecular flexibility index (Phi) is 8.48. The van der Waals surface area contributed by atoms with Crippen LogP contribution in [-0.4, -0.2) is 45.5 Å². The van der Waals surface area contributed by atoms with Gasteiger partial charge in [-0.3, -0.25) is 8.98 Å². The van der Waals surface area contributed by atoms with E-state index in [2.05, 4.69) is 4.18 Å². The minimum absolute atomic E-state index is 0.00794. The highest BCUT2D eigenvalue weighted by Gasteiger charge is 2.54. The Hall–Kier alpha value is -1.69. The van der Waals surface area contributed by atoms with Crippen molar-refractivity contribution in [1.29, 1.82) is 0 Å². The second kappa shape index (κ2) is 10.3. The molecule has 3 rings (SSSR count). The molecule has 2 fully saturated rings. The molecule has 1 aliphatic heterocycles. The summed E-state index contributed by atoms with van der Waals surface area (Å²) >= 11 is 0. The lowest BCUT2D eigenvalue weighted by Gasteiger charge is -2.41. The number of halogens is 3. The van der Waals surface area contributed by atoms with E-state index >= 15 is 0 Å². The number of carbonyl (C=O) groups is 1. The zero-order chi connectivity index (χ0) is 23.2. The van der Waals surface area contributed by atoms with Crippen molar-refractivity contribution in [3.63, 3.8) is 0 Å². The molecule has 31 heavy (non-hydrogen) atoms. The Bertz CT molecular complexity index is 809. The fraction of sp³-hybridized carbons (Fsp3) is 0.650. The van der Waals surface area contributed by atoms with Gasteiger partial charge in [-0.1, -0.05) is 44.2 Å². The van der Waals surface area contributed by atoms with Gasteiger partial charge in [0, 0.05) is 12.8 Å². The highest BCUT2D eigenvalue weighted by molar-refractivity contribution is 7.87. The van der Waals surface area contributed by atoms with Gasteiger partial charge in [-0.25, -0.2) is 0 Å². The van der Waals surface area contributed by atoms with Gasteiger partial charge in [0.15, 0.2) is 5.79 Å². The molecule has 0 unspecified atom stereocenters. The Morgan fingerprint density at radius 2 is 1.58 bits per heavy atom. The second-order valence-corrected chi connectivity index (χ2v) is 8.72. The van der Waals surface area contributed by atoms with Crippen molar-refractivity contribution in [2.24, 2.45) is 5.41 Å². The van der Waals surface area contributed by atoms with Gasteiger partial charge in [0.05, 0.1) is 25.2 Å². The van der Waals surface area contributed by atoms with Crippen molar-refractivity contribution >= 4 is 16.1 Å². The summed E-state index contributed by atoms with van der Waals surface area (Å²) in [6, 6.07) is 8.72. The lowest BCUT2D eigenvalue weighted by molar-refractivity contribution is -0.202. The minimum atomic E-state index is -5.83. The largest absolute Gasteiger partial charge is 0.523 e. The highest BCUT2D eigenvalue weighted by Crippen LogP contribution is 2.46. The van der Waals surface area contributed by atoms with Crippen LogP contribution in [0.2, 0.25) is 0 Å². The van der Waals surface area contributed by atoms with Crippen LogP contribution in [0.1, 0.15) is 45.1 Å². The number of rotatable bonds is 6. The lowest BCUT2D eigenvalue weighted by Crippen LogP contribution is -2.47. The number of hydrogen-bond acceptors (Lipinski definition) is 7. The number of esters is 1. The van der Waals surface area contributed by atoms with Gasteiger partial charge >= 0.3 is 21.6 Å². The third-order valence-electron chi connectivity index (χ3n) is 5.20. The van der Waals surface area contributed by atoms with Crippen LogP contribution in [0.15, 0.2) is 30.3 Å². The van der Waals surface area contributed by atoms with Crippen molar-refractivity contribution in [1.82, 2.24) is 0 Å². The van der Waals surface area contributed by atoms with Crippen molar-refractivity contribution in [2.75, 3.05) is 19.8 Å². The average molecular weight is 468 g/mol. The molecule has 0 amide bonds. The number of hydrogen-bond donors (Lipinski definition) is 0. The monoisotopic (exact) mass is 468 g/mol. The Morgan fingerprint density at radius 1 is 1.03 bits per heavy atom. The molecule has 1 heterocycles. The topological polar surface area (TPSA) is 88.1 Å². The predicted octanol–water partition coefficient (Wildman–Crippen LogP) is 3.93. The van der Waals surface area contributed by atoms with Crippen molar-refractivity contribution in [3.05, 3.63) is 35.9 Å². The quantitative estimate of drug-likeness (QED) is 0.355. The molecule has 1 saturated heterocycles. The minimum Gasteiger partial charge on any atom is -0.460 e. The van der Waals surface area contributed by atoms with Crippen LogP contribution < -0.4 is 0 Å². The van der Waals surface area contributed by atoms with Crippen LogP contribution in [0, 0.1) is 5.41 Å². The maximum Gasteiger partial charge on any atom is 0.523 e. The van der Waals surface area contributed by atoms with E-state index in [0.29, 0.717) is 18.8 Å². The van der Waals surface area contributed by atoms with Crippen LogP contribution >= 0.6 is 0 Å². The Labute approximate surface area is 179 Å². The maximum absolute atomic E-state index is 12.8. The number of alkyl halides is 3. The first-order chi connectivity index (χ1) is 14.6. The van der Waals surface area contributed by atoms with E-state index in [-0.39, 0.29) is 32.3 Å². The van der Waals surface area contributed by atoms with Gasteiger partial charge in [-0.05, 0) is 18.4 Å². The van der Waals surface area contributed by atoms with Crippen molar-refractivity contribution in [3.8, 4) is 0 Å². The molecule has 176 valence electrons. The van der Waals surface area contributed by atoms with Gasteiger partial charge in [-0.15, -0.1) is 0 Å². The van der Waals surface area contributed by atoms with Crippen molar-refractivity contribution < 1.29 is 44.8 Å². The Morgan fingerprint density at radius 3 is 2.10 bits per heavy atom. The summed E-state index contributed by atoms with van der Waals surface area (Å²) in [7, 11) is -5.83. The van der Waals surface area contributed by atoms with E-state index in [1.54, 1.807) is 30.3 Å². The third kappa shape index (κ3) is 6.18. The van der Waals surface area contributed by atoms with Gasteiger partial charge in [-0.2, -0.15) is 21.6 Å². The molecule has 0 radical (unpaired) electrons. The van der Waals surface area contributed by atoms with E-state index in [1.165, 1.54) is 0 Å². The van der Waals surface area contributed by atoms with Crippen LogP contribution in [0.5, 0.6) is 0 Å². The molecule has 0 N–H and O–H groups in total. The molecule has 7 nitrogen and oxygen atoms in total. The summed E-state index contributed by atoms with van der Waals surface area (Å²) in [4.78, 5) is 12.8. The zero-order valence-corrected chi connectivity index (χ0v) is 18.3. The molecule has 1 aliphatic carbocycles. The first-order valence-electron chi connectivity index (χ1n) is 10.0. The van der Waals surface area contributed by atoms with Crippen LogP contribution in [0.4, 0.5) is 13.2 Å². The normalized spacial score (nSPS) is 20.0. The molecule has 0 bridgehead atoms. The first-order valence-corrected chi connectivity index (χ1v) is 11.4. The third-order valence-corrected chi connectivity index (χ3v) is 6.20. The molecule has 11 heteroatoms. The number of carbonyl (C=O) groups excluding carboxylic acids is 1. The number of benzene rings is 1. The molecule has 0 aromatic heterocycles. The summed E-state index contributed by atoms with van der Waals surface area (Å²) < 4.78 is 81.3. The van der Waals surface area contributed by atoms with E-state index in [9.17, 15) is 26.4 Å². The maximum atomic E-state index is 12.8. The highest BCUT2D eigenvalue weighted by atomic mass is 32.2. The van der Waals surface area contributed by atoms with E-state index in [1.807, 2.05) is 13.8 Å². The summed E-state index contributed by atoms with van der Waals surface area (Å²) in [6.45, 7) is 3.71. The van der Waals surface area contributed by atoms with Crippen LogP contribution in [-0.2, 0) is 39.9 Å². The smallest absolute Gasteiger partial charge is 0.460 e. The van der Waals surface area contributed by atoms with E-state index in [4.69, 9.17) is 14.2 Å². The van der Waals surface area contributed by atoms with E-state index in [0.717, 1.165) is 0 Å². The average Bonchev–Trinajstić information content (AvgIpc) is 3.21. The Balaban J connectivity index is 0.00000166. The summed E-state index contributed by atoms with van der Waals surface area (Å²) in [5, 5.41) is 0. The summed E-state index contributed by atoms with van der Waals surface area (Å²) in [5.41, 5.74) is -6.43. The van der Waals surface area contributed by atoms with Crippen LogP contribution in [0.25, 0.3) is 0 Å². The second-order valence-electron chi connectivity index (χ2n) is 7.11. The molecular formula is C20H27F3O7S. The van der Waals surface area contributed by atoms with Crippen LogP contribution in [0.3, 0.4) is 0 Å². The predicted molar refractivity (Wildman–Crippen MR) is 104 cm³/mol. The summed E-state index contributed by atoms with van der Waals surface area (Å²) in [6.07, 6.45) is 0.438. The van der Waals surface area contributed by atoms with Gasteiger partial charge in [0.2, 0.25) is 0 Å².